The number of urea groups is 1. The lowest BCUT2D eigenvalue weighted by Gasteiger charge is -2.47. The number of carbonyl (C=O) groups is 2. The Morgan fingerprint density at radius 3 is 2.40 bits per heavy atom. The van der Waals surface area contributed by atoms with Crippen LogP contribution in [0.5, 0.6) is 11.5 Å². The second-order valence-electron chi connectivity index (χ2n) is 11.0. The largest absolute Gasteiger partial charge is 0.505 e. The molecule has 1 aliphatic heterocycles. The summed E-state index contributed by atoms with van der Waals surface area (Å²) in [4.78, 5) is 37.3. The first-order valence-corrected chi connectivity index (χ1v) is 13.9. The summed E-state index contributed by atoms with van der Waals surface area (Å²) in [5.41, 5.74) is 5.20. The molecule has 6 N–H and O–H groups in total. The number of anilines is 2. The van der Waals surface area contributed by atoms with Crippen LogP contribution in [0.25, 0.3) is 22.1 Å². The summed E-state index contributed by atoms with van der Waals surface area (Å²) in [6, 6.07) is 18.8. The van der Waals surface area contributed by atoms with Gasteiger partial charge in [0.2, 0.25) is 6.29 Å². The minimum absolute atomic E-state index is 0.0271. The molecular formula is C32H33N3O10. The van der Waals surface area contributed by atoms with Gasteiger partial charge in [-0.1, -0.05) is 42.5 Å². The van der Waals surface area contributed by atoms with Gasteiger partial charge >= 0.3 is 17.7 Å². The molecule has 1 saturated heterocycles. The second kappa shape index (κ2) is 12.5. The Kier molecular flexibility index (Phi) is 8.68. The van der Waals surface area contributed by atoms with Gasteiger partial charge in [0.15, 0.2) is 23.6 Å². The Morgan fingerprint density at radius 1 is 1.00 bits per heavy atom. The third kappa shape index (κ3) is 6.41. The van der Waals surface area contributed by atoms with Gasteiger partial charge in [-0.05, 0) is 56.2 Å². The van der Waals surface area contributed by atoms with E-state index in [1.54, 1.807) is 39.0 Å². The van der Waals surface area contributed by atoms with Gasteiger partial charge in [-0.3, -0.25) is 5.32 Å². The van der Waals surface area contributed by atoms with Gasteiger partial charge in [-0.15, -0.1) is 0 Å². The summed E-state index contributed by atoms with van der Waals surface area (Å²) < 4.78 is 27.9. The molecule has 0 radical (unpaired) electrons. The number of methoxy groups -OCH3 is 1. The molecule has 45 heavy (non-hydrogen) atoms. The Hall–Kier alpha value is -5.11. The number of nitrogens with one attached hydrogen (secondary N) is 2. The third-order valence-corrected chi connectivity index (χ3v) is 7.48. The quantitative estimate of drug-likeness (QED) is 0.184. The van der Waals surface area contributed by atoms with E-state index in [0.717, 1.165) is 11.1 Å². The first kappa shape index (κ1) is 31.3. The SMILES string of the molecule is CO[C@@H]1[C@@H](OC(N)=O)[C@@H](O)[C@H](Oc2ccc3c(O)c(NC(=O)Nc4cccc(-c5ccccc5)c4)c(=O)oc3c2C)OC1(C)C. The fourth-order valence-corrected chi connectivity index (χ4v) is 5.36. The van der Waals surface area contributed by atoms with E-state index in [1.807, 2.05) is 36.4 Å². The van der Waals surface area contributed by atoms with Gasteiger partial charge in [-0.25, -0.2) is 14.4 Å². The molecule has 0 unspecified atom stereocenters. The van der Waals surface area contributed by atoms with Crippen LogP contribution in [0.15, 0.2) is 75.9 Å². The lowest BCUT2D eigenvalue weighted by molar-refractivity contribution is -0.304. The van der Waals surface area contributed by atoms with Crippen molar-refractivity contribution in [2.45, 2.75) is 51.0 Å². The van der Waals surface area contributed by atoms with Gasteiger partial charge in [-0.2, -0.15) is 0 Å². The number of rotatable bonds is 7. The number of aryl methyl sites for hydroxylation is 1. The third-order valence-electron chi connectivity index (χ3n) is 7.48. The number of primary amides is 1. The van der Waals surface area contributed by atoms with E-state index < -0.39 is 59.4 Å². The van der Waals surface area contributed by atoms with E-state index in [9.17, 15) is 24.6 Å². The molecule has 1 fully saturated rings. The Balaban J connectivity index is 1.37. The zero-order valence-corrected chi connectivity index (χ0v) is 24.9. The van der Waals surface area contributed by atoms with Gasteiger partial charge in [0.05, 0.1) is 11.0 Å². The van der Waals surface area contributed by atoms with E-state index in [2.05, 4.69) is 10.6 Å². The maximum absolute atomic E-state index is 12.9. The molecule has 13 heteroatoms. The number of aliphatic hydroxyl groups excluding tert-OH is 1. The highest BCUT2D eigenvalue weighted by Gasteiger charge is 2.53. The van der Waals surface area contributed by atoms with Crippen LogP contribution in [0.2, 0.25) is 0 Å². The number of aromatic hydroxyl groups is 1. The topological polar surface area (TPSA) is 192 Å². The van der Waals surface area contributed by atoms with Crippen LogP contribution in [0, 0.1) is 6.92 Å². The van der Waals surface area contributed by atoms with Crippen LogP contribution >= 0.6 is 0 Å². The van der Waals surface area contributed by atoms with Crippen LogP contribution in [-0.4, -0.2) is 59.7 Å². The van der Waals surface area contributed by atoms with E-state index in [-0.39, 0.29) is 22.3 Å². The van der Waals surface area contributed by atoms with Crippen LogP contribution in [-0.2, 0) is 14.2 Å². The number of hydrogen-bond donors (Lipinski definition) is 5. The molecule has 1 aliphatic rings. The van der Waals surface area contributed by atoms with Gasteiger partial charge < -0.3 is 44.6 Å². The van der Waals surface area contributed by atoms with Crippen molar-refractivity contribution < 1.29 is 43.2 Å². The Bertz CT molecular complexity index is 1790. The zero-order valence-electron chi connectivity index (χ0n) is 24.9. The highest BCUT2D eigenvalue weighted by Crippen LogP contribution is 2.38. The molecule has 4 atom stereocenters. The minimum Gasteiger partial charge on any atom is -0.505 e. The molecule has 2 heterocycles. The number of ether oxygens (including phenoxy) is 4. The van der Waals surface area contributed by atoms with Crippen LogP contribution < -0.4 is 26.7 Å². The first-order valence-electron chi connectivity index (χ1n) is 13.9. The number of aliphatic hydroxyl groups is 1. The molecule has 1 aromatic heterocycles. The minimum atomic E-state index is -1.51. The number of amides is 3. The Morgan fingerprint density at radius 2 is 1.71 bits per heavy atom. The summed E-state index contributed by atoms with van der Waals surface area (Å²) in [5, 5.41) is 27.1. The van der Waals surface area contributed by atoms with Crippen LogP contribution in [0.3, 0.4) is 0 Å². The highest BCUT2D eigenvalue weighted by molar-refractivity contribution is 6.03. The molecule has 236 valence electrons. The van der Waals surface area contributed by atoms with Crippen molar-refractivity contribution in [2.75, 3.05) is 17.7 Å². The predicted octanol–water partition coefficient (Wildman–Crippen LogP) is 4.47. The number of carbonyl (C=O) groups excluding carboxylic acids is 2. The highest BCUT2D eigenvalue weighted by atomic mass is 16.7. The normalized spacial score (nSPS) is 20.7. The summed E-state index contributed by atoms with van der Waals surface area (Å²) in [7, 11) is 1.37. The second-order valence-corrected chi connectivity index (χ2v) is 11.0. The fraction of sp³-hybridized carbons (Fsp3) is 0.281. The molecule has 3 aromatic carbocycles. The lowest BCUT2D eigenvalue weighted by Crippen LogP contribution is -2.65. The average molecular weight is 620 g/mol. The van der Waals surface area contributed by atoms with Gasteiger partial charge in [0, 0.05) is 18.4 Å². The fourth-order valence-electron chi connectivity index (χ4n) is 5.36. The molecule has 4 aromatic rings. The van der Waals surface area contributed by atoms with Crippen LogP contribution in [0.1, 0.15) is 19.4 Å². The molecule has 0 spiro atoms. The maximum Gasteiger partial charge on any atom is 0.404 e. The number of nitrogens with two attached hydrogens (primary N) is 1. The molecule has 0 aliphatic carbocycles. The predicted molar refractivity (Wildman–Crippen MR) is 164 cm³/mol. The first-order chi connectivity index (χ1) is 21.4. The van der Waals surface area contributed by atoms with Crippen molar-refractivity contribution in [1.82, 2.24) is 0 Å². The molecule has 0 bridgehead atoms. The number of fused-ring (bicyclic) bond motifs is 1. The summed E-state index contributed by atoms with van der Waals surface area (Å²) in [6.45, 7) is 4.89. The lowest BCUT2D eigenvalue weighted by atomic mass is 9.89. The molecule has 0 saturated carbocycles. The average Bonchev–Trinajstić information content (AvgIpc) is 2.99. The van der Waals surface area contributed by atoms with Crippen molar-refractivity contribution in [2.24, 2.45) is 5.73 Å². The van der Waals surface area contributed by atoms with E-state index >= 15 is 0 Å². The summed E-state index contributed by atoms with van der Waals surface area (Å²) >= 11 is 0. The van der Waals surface area contributed by atoms with Crippen molar-refractivity contribution in [1.29, 1.82) is 0 Å². The van der Waals surface area contributed by atoms with Gasteiger partial charge in [0.25, 0.3) is 0 Å². The standard InChI is InChI=1S/C32H33N3O10/c1-16-21(42-29-24(37)26(44-30(33)39)27(41-4)32(2,3)45-29)14-13-20-23(36)22(28(38)43-25(16)20)35-31(40)34-19-12-8-11-18(15-19)17-9-6-5-7-10-17/h5-15,24,26-27,29,36-37H,1-4H3,(H2,33,39)(H2,34,35,40)/t24-,26+,27-,29-/m1/s1. The maximum atomic E-state index is 12.9. The van der Waals surface area contributed by atoms with Crippen molar-refractivity contribution in [3.63, 3.8) is 0 Å². The zero-order chi connectivity index (χ0) is 32.5. The van der Waals surface area contributed by atoms with Crippen molar-refractivity contribution >= 4 is 34.5 Å². The van der Waals surface area contributed by atoms with Crippen LogP contribution in [0.4, 0.5) is 21.0 Å². The molecule has 13 nitrogen and oxygen atoms in total. The van der Waals surface area contributed by atoms with Gasteiger partial charge in [0.1, 0.15) is 17.4 Å². The van der Waals surface area contributed by atoms with E-state index in [4.69, 9.17) is 29.1 Å². The molecule has 5 rings (SSSR count). The molecule has 3 amide bonds. The number of benzene rings is 3. The van der Waals surface area contributed by atoms with E-state index in [0.29, 0.717) is 5.69 Å². The summed E-state index contributed by atoms with van der Waals surface area (Å²) in [6.07, 6.45) is -6.06. The van der Waals surface area contributed by atoms with E-state index in [1.165, 1.54) is 19.2 Å². The smallest absolute Gasteiger partial charge is 0.404 e. The van der Waals surface area contributed by atoms with Crippen molar-refractivity contribution in [3.05, 3.63) is 82.7 Å². The molecular weight excluding hydrogens is 586 g/mol. The monoisotopic (exact) mass is 619 g/mol. The van der Waals surface area contributed by atoms with Crippen molar-refractivity contribution in [3.8, 4) is 22.6 Å². The Labute approximate surface area is 257 Å². The number of hydrogen-bond acceptors (Lipinski definition) is 10. The summed E-state index contributed by atoms with van der Waals surface area (Å²) in [5.74, 6) is -0.382.